The largest absolute Gasteiger partial charge is 0.286 e. The Bertz CT molecular complexity index is 680. The van der Waals surface area contributed by atoms with E-state index in [9.17, 15) is 9.59 Å². The summed E-state index contributed by atoms with van der Waals surface area (Å²) < 4.78 is 0. The van der Waals surface area contributed by atoms with E-state index in [1.54, 1.807) is 0 Å². The molecule has 2 fully saturated rings. The Hall–Kier alpha value is -1.23. The maximum absolute atomic E-state index is 12.6. The van der Waals surface area contributed by atoms with E-state index in [4.69, 9.17) is 34.8 Å². The standard InChI is InChI=1S/C15H11Cl3N2O2/c16-8-4-9(17)13(10(18)5-8)19-20-14(21)11-6-1-2-7(3-6)12(11)15(20)22/h1-2,4-7,11-12,19H,3H2/t6-,7+,11-,12+. The molecule has 1 saturated carbocycles. The predicted octanol–water partition coefficient (Wildman–Crippen LogP) is 3.78. The predicted molar refractivity (Wildman–Crippen MR) is 84.7 cm³/mol. The van der Waals surface area contributed by atoms with Gasteiger partial charge in [0.05, 0.1) is 27.6 Å². The number of imide groups is 1. The van der Waals surface area contributed by atoms with Gasteiger partial charge in [0.25, 0.3) is 11.8 Å². The van der Waals surface area contributed by atoms with Crippen molar-refractivity contribution in [2.45, 2.75) is 6.42 Å². The van der Waals surface area contributed by atoms with Crippen LogP contribution >= 0.6 is 34.8 Å². The van der Waals surface area contributed by atoms with Gasteiger partial charge in [0.1, 0.15) is 0 Å². The molecule has 2 bridgehead atoms. The van der Waals surface area contributed by atoms with Crippen LogP contribution in [0, 0.1) is 23.7 Å². The zero-order chi connectivity index (χ0) is 15.6. The molecule has 1 N–H and O–H groups in total. The highest BCUT2D eigenvalue weighted by atomic mass is 35.5. The molecular formula is C15H11Cl3N2O2. The minimum Gasteiger partial charge on any atom is -0.286 e. The lowest BCUT2D eigenvalue weighted by Crippen LogP contribution is -2.38. The Labute approximate surface area is 142 Å². The van der Waals surface area contributed by atoms with Crippen LogP contribution in [0.15, 0.2) is 24.3 Å². The monoisotopic (exact) mass is 356 g/mol. The fourth-order valence-corrected chi connectivity index (χ4v) is 4.67. The minimum atomic E-state index is -0.264. The molecule has 22 heavy (non-hydrogen) atoms. The number of hydrogen-bond donors (Lipinski definition) is 1. The van der Waals surface area contributed by atoms with Gasteiger partial charge in [0.15, 0.2) is 0 Å². The highest BCUT2D eigenvalue weighted by molar-refractivity contribution is 6.41. The van der Waals surface area contributed by atoms with Crippen LogP contribution in [0.4, 0.5) is 5.69 Å². The fourth-order valence-electron chi connectivity index (χ4n) is 3.77. The molecule has 4 rings (SSSR count). The Balaban J connectivity index is 1.66. The van der Waals surface area contributed by atoms with Crippen molar-refractivity contribution in [3.05, 3.63) is 39.4 Å². The molecule has 2 aliphatic carbocycles. The van der Waals surface area contributed by atoms with Gasteiger partial charge in [-0.1, -0.05) is 47.0 Å². The maximum atomic E-state index is 12.6. The first-order valence-electron chi connectivity index (χ1n) is 6.94. The number of benzene rings is 1. The third-order valence-corrected chi connectivity index (χ3v) is 5.52. The van der Waals surface area contributed by atoms with Crippen molar-refractivity contribution in [2.24, 2.45) is 23.7 Å². The van der Waals surface area contributed by atoms with Crippen molar-refractivity contribution < 1.29 is 9.59 Å². The van der Waals surface area contributed by atoms with Crippen LogP contribution in [0.3, 0.4) is 0 Å². The molecule has 1 heterocycles. The third kappa shape index (κ3) is 1.91. The fraction of sp³-hybridized carbons (Fsp3) is 0.333. The molecule has 1 saturated heterocycles. The van der Waals surface area contributed by atoms with Gasteiger partial charge < -0.3 is 0 Å². The van der Waals surface area contributed by atoms with Crippen LogP contribution in [-0.2, 0) is 9.59 Å². The Kier molecular flexibility index (Phi) is 3.19. The van der Waals surface area contributed by atoms with E-state index in [2.05, 4.69) is 5.43 Å². The molecular weight excluding hydrogens is 347 g/mol. The Morgan fingerprint density at radius 2 is 1.45 bits per heavy atom. The van der Waals surface area contributed by atoms with E-state index in [-0.39, 0.29) is 45.5 Å². The molecule has 3 aliphatic rings. The lowest BCUT2D eigenvalue weighted by Gasteiger charge is -2.20. The molecule has 0 radical (unpaired) electrons. The van der Waals surface area contributed by atoms with Crippen LogP contribution < -0.4 is 5.43 Å². The average Bonchev–Trinajstić information content (AvgIpc) is 3.10. The molecule has 114 valence electrons. The van der Waals surface area contributed by atoms with E-state index in [0.29, 0.717) is 10.7 Å². The second-order valence-corrected chi connectivity index (χ2v) is 7.12. The maximum Gasteiger partial charge on any atom is 0.252 e. The number of nitrogens with zero attached hydrogens (tertiary/aromatic N) is 1. The lowest BCUT2D eigenvalue weighted by molar-refractivity contribution is -0.139. The van der Waals surface area contributed by atoms with Crippen molar-refractivity contribution in [1.82, 2.24) is 5.01 Å². The minimum absolute atomic E-state index is 0.161. The number of rotatable bonds is 2. The molecule has 0 spiro atoms. The summed E-state index contributed by atoms with van der Waals surface area (Å²) in [5.74, 6) is -0.633. The second-order valence-electron chi connectivity index (χ2n) is 5.87. The number of hydrogen-bond acceptors (Lipinski definition) is 3. The van der Waals surface area contributed by atoms with Crippen molar-refractivity contribution in [3.8, 4) is 0 Å². The first-order chi connectivity index (χ1) is 10.5. The molecule has 4 nitrogen and oxygen atoms in total. The third-order valence-electron chi connectivity index (χ3n) is 4.70. The molecule has 4 atom stereocenters. The summed E-state index contributed by atoms with van der Waals surface area (Å²) in [6.45, 7) is 0. The van der Waals surface area contributed by atoms with Crippen LogP contribution in [0.2, 0.25) is 15.1 Å². The van der Waals surface area contributed by atoms with Gasteiger partial charge in [0, 0.05) is 5.02 Å². The van der Waals surface area contributed by atoms with E-state index in [0.717, 1.165) is 11.4 Å². The molecule has 1 aromatic rings. The molecule has 2 amide bonds. The number of carbonyl (C=O) groups is 2. The first kappa shape index (κ1) is 14.4. The summed E-state index contributed by atoms with van der Waals surface area (Å²) >= 11 is 18.1. The summed E-state index contributed by atoms with van der Waals surface area (Å²) in [4.78, 5) is 25.2. The smallest absolute Gasteiger partial charge is 0.252 e. The summed E-state index contributed by atoms with van der Waals surface area (Å²) in [5.41, 5.74) is 3.10. The SMILES string of the molecule is O=C1[C@@H]2[C@H](C(=O)N1Nc1c(Cl)cc(Cl)cc1Cl)[C@@H]1C=C[C@H]2C1. The quantitative estimate of drug-likeness (QED) is 0.647. The first-order valence-corrected chi connectivity index (χ1v) is 8.08. The highest BCUT2D eigenvalue weighted by Gasteiger charge is 2.59. The van der Waals surface area contributed by atoms with Crippen LogP contribution in [0.25, 0.3) is 0 Å². The molecule has 7 heteroatoms. The topological polar surface area (TPSA) is 49.4 Å². The number of amides is 2. The number of hydrazine groups is 1. The van der Waals surface area contributed by atoms with E-state index < -0.39 is 0 Å². The second kappa shape index (κ2) is 4.88. The van der Waals surface area contributed by atoms with Gasteiger partial charge in [0.2, 0.25) is 0 Å². The highest BCUT2D eigenvalue weighted by Crippen LogP contribution is 2.52. The molecule has 0 aromatic heterocycles. The lowest BCUT2D eigenvalue weighted by atomic mass is 9.85. The van der Waals surface area contributed by atoms with Gasteiger partial charge >= 0.3 is 0 Å². The van der Waals surface area contributed by atoms with E-state index >= 15 is 0 Å². The van der Waals surface area contributed by atoms with Crippen LogP contribution in [-0.4, -0.2) is 16.8 Å². The number of halogens is 3. The van der Waals surface area contributed by atoms with Crippen molar-refractivity contribution in [1.29, 1.82) is 0 Å². The number of anilines is 1. The number of allylic oxidation sites excluding steroid dienone is 2. The van der Waals surface area contributed by atoms with Crippen molar-refractivity contribution >= 4 is 52.3 Å². The summed E-state index contributed by atoms with van der Waals surface area (Å²) in [5, 5.41) is 1.97. The van der Waals surface area contributed by atoms with Crippen LogP contribution in [0.5, 0.6) is 0 Å². The van der Waals surface area contributed by atoms with E-state index in [1.807, 2.05) is 12.2 Å². The number of carbonyl (C=O) groups excluding carboxylic acids is 2. The average molecular weight is 358 g/mol. The summed E-state index contributed by atoms with van der Waals surface area (Å²) in [6.07, 6.45) is 4.98. The van der Waals surface area contributed by atoms with Gasteiger partial charge in [-0.05, 0) is 30.4 Å². The summed E-state index contributed by atoms with van der Waals surface area (Å²) in [6, 6.07) is 3.02. The zero-order valence-corrected chi connectivity index (χ0v) is 13.5. The van der Waals surface area contributed by atoms with Gasteiger partial charge in [-0.15, -0.1) is 0 Å². The van der Waals surface area contributed by atoms with Crippen LogP contribution in [0.1, 0.15) is 6.42 Å². The Morgan fingerprint density at radius 1 is 0.955 bits per heavy atom. The number of nitrogens with one attached hydrogen (secondary N) is 1. The van der Waals surface area contributed by atoms with Gasteiger partial charge in [-0.2, -0.15) is 5.01 Å². The van der Waals surface area contributed by atoms with E-state index in [1.165, 1.54) is 12.1 Å². The van der Waals surface area contributed by atoms with Gasteiger partial charge in [-0.25, -0.2) is 0 Å². The van der Waals surface area contributed by atoms with Gasteiger partial charge in [-0.3, -0.25) is 15.0 Å². The summed E-state index contributed by atoms with van der Waals surface area (Å²) in [7, 11) is 0. The normalized spacial score (nSPS) is 32.0. The van der Waals surface area contributed by atoms with Crippen molar-refractivity contribution in [2.75, 3.05) is 5.43 Å². The van der Waals surface area contributed by atoms with Crippen molar-refractivity contribution in [3.63, 3.8) is 0 Å². The Morgan fingerprint density at radius 3 is 1.95 bits per heavy atom. The number of fused-ring (bicyclic) bond motifs is 5. The zero-order valence-electron chi connectivity index (χ0n) is 11.2. The molecule has 1 aliphatic heterocycles. The molecule has 1 aromatic carbocycles. The molecule has 0 unspecified atom stereocenters.